The van der Waals surface area contributed by atoms with Crippen molar-refractivity contribution in [3.8, 4) is 5.75 Å². The van der Waals surface area contributed by atoms with Crippen LogP contribution in [0.25, 0.3) is 0 Å². The van der Waals surface area contributed by atoms with Gasteiger partial charge in [-0.1, -0.05) is 30.3 Å². The van der Waals surface area contributed by atoms with Crippen molar-refractivity contribution < 1.29 is 28.7 Å². The largest absolute Gasteiger partial charge is 0.489 e. The van der Waals surface area contributed by atoms with Gasteiger partial charge in [-0.25, -0.2) is 0 Å². The number of piperidine rings is 1. The molecule has 3 aliphatic rings. The number of nitrogens with one attached hydrogen (secondary N) is 1. The molecule has 39 heavy (non-hydrogen) atoms. The van der Waals surface area contributed by atoms with Gasteiger partial charge in [0, 0.05) is 24.1 Å². The van der Waals surface area contributed by atoms with Crippen LogP contribution in [0.5, 0.6) is 5.75 Å². The molecule has 2 fully saturated rings. The number of rotatable bonds is 7. The summed E-state index contributed by atoms with van der Waals surface area (Å²) < 4.78 is 11.7. The Morgan fingerprint density at radius 2 is 1.77 bits per heavy atom. The van der Waals surface area contributed by atoms with Gasteiger partial charge in [-0.15, -0.1) is 0 Å². The van der Waals surface area contributed by atoms with Gasteiger partial charge >= 0.3 is 5.97 Å². The number of ether oxygens (including phenoxy) is 2. The third-order valence-corrected chi connectivity index (χ3v) is 7.38. The Hall–Kier alpha value is -3.72. The summed E-state index contributed by atoms with van der Waals surface area (Å²) in [6.07, 6.45) is 2.32. The quantitative estimate of drug-likeness (QED) is 0.430. The maximum absolute atomic E-state index is 13.0. The maximum Gasteiger partial charge on any atom is 0.323 e. The van der Waals surface area contributed by atoms with Crippen molar-refractivity contribution in [3.63, 3.8) is 0 Å². The number of hydrogen-bond acceptors (Lipinski definition) is 7. The highest BCUT2D eigenvalue weighted by Crippen LogP contribution is 2.34. The van der Waals surface area contributed by atoms with E-state index in [0.29, 0.717) is 30.9 Å². The van der Waals surface area contributed by atoms with Crippen molar-refractivity contribution in [2.75, 3.05) is 6.54 Å². The Bertz CT molecular complexity index is 1280. The van der Waals surface area contributed by atoms with Crippen molar-refractivity contribution in [2.45, 2.75) is 83.8 Å². The van der Waals surface area contributed by atoms with Crippen molar-refractivity contribution in [1.82, 2.24) is 15.1 Å². The Kier molecular flexibility index (Phi) is 7.44. The normalized spacial score (nSPS) is 21.6. The summed E-state index contributed by atoms with van der Waals surface area (Å²) in [6.45, 7) is 7.80. The van der Waals surface area contributed by atoms with E-state index in [1.807, 2.05) is 51.1 Å². The molecule has 206 valence electrons. The van der Waals surface area contributed by atoms with E-state index in [9.17, 15) is 19.2 Å². The number of hydrogen-bond donors (Lipinski definition) is 1. The van der Waals surface area contributed by atoms with E-state index >= 15 is 0 Å². The van der Waals surface area contributed by atoms with E-state index in [4.69, 9.17) is 9.47 Å². The average Bonchev–Trinajstić information content (AvgIpc) is 3.47. The van der Waals surface area contributed by atoms with Crippen LogP contribution >= 0.6 is 0 Å². The first-order valence-corrected chi connectivity index (χ1v) is 13.5. The molecule has 0 aliphatic carbocycles. The molecule has 2 aromatic carbocycles. The van der Waals surface area contributed by atoms with Crippen LogP contribution in [0, 0.1) is 0 Å². The number of carbonyl (C=O) groups excluding carboxylic acids is 4. The smallest absolute Gasteiger partial charge is 0.323 e. The van der Waals surface area contributed by atoms with Gasteiger partial charge in [0.15, 0.2) is 0 Å². The zero-order valence-corrected chi connectivity index (χ0v) is 22.7. The molecule has 0 radical (unpaired) electrons. The van der Waals surface area contributed by atoms with E-state index in [1.165, 1.54) is 4.90 Å². The number of carbonyl (C=O) groups is 4. The number of benzene rings is 2. The molecule has 2 atom stereocenters. The summed E-state index contributed by atoms with van der Waals surface area (Å²) in [7, 11) is 0. The van der Waals surface area contributed by atoms with Gasteiger partial charge in [-0.2, -0.15) is 0 Å². The highest BCUT2D eigenvalue weighted by atomic mass is 16.6. The lowest BCUT2D eigenvalue weighted by Gasteiger charge is -2.29. The fourth-order valence-corrected chi connectivity index (χ4v) is 5.48. The fourth-order valence-electron chi connectivity index (χ4n) is 5.48. The van der Waals surface area contributed by atoms with Crippen LogP contribution in [0.15, 0.2) is 42.5 Å². The van der Waals surface area contributed by atoms with Crippen molar-refractivity contribution in [3.05, 3.63) is 64.7 Å². The van der Waals surface area contributed by atoms with Crippen molar-refractivity contribution in [1.29, 1.82) is 0 Å². The van der Waals surface area contributed by atoms with E-state index in [1.54, 1.807) is 12.1 Å². The molecule has 0 spiro atoms. The Labute approximate surface area is 228 Å². The number of likely N-dealkylation sites (tertiary alicyclic amines) is 1. The van der Waals surface area contributed by atoms with E-state index in [0.717, 1.165) is 36.1 Å². The summed E-state index contributed by atoms with van der Waals surface area (Å²) in [6, 6.07) is 12.6. The molecule has 0 saturated carbocycles. The summed E-state index contributed by atoms with van der Waals surface area (Å²) in [5.74, 6) is -0.506. The molecule has 1 N–H and O–H groups in total. The first-order valence-electron chi connectivity index (χ1n) is 13.5. The summed E-state index contributed by atoms with van der Waals surface area (Å²) in [4.78, 5) is 53.2. The Morgan fingerprint density at radius 3 is 2.49 bits per heavy atom. The molecule has 0 bridgehead atoms. The topological polar surface area (TPSA) is 105 Å². The number of imide groups is 1. The number of fused-ring (bicyclic) bond motifs is 1. The molecule has 2 aromatic rings. The third-order valence-electron chi connectivity index (χ3n) is 7.38. The molecule has 0 aromatic heterocycles. The van der Waals surface area contributed by atoms with Crippen LogP contribution in [-0.2, 0) is 38.8 Å². The maximum atomic E-state index is 13.0. The predicted octanol–water partition coefficient (Wildman–Crippen LogP) is 3.33. The van der Waals surface area contributed by atoms with Gasteiger partial charge in [-0.3, -0.25) is 29.4 Å². The Balaban J connectivity index is 1.20. The third kappa shape index (κ3) is 5.98. The molecular formula is C30H35N3O6. The molecule has 3 heterocycles. The lowest BCUT2D eigenvalue weighted by Crippen LogP contribution is -2.52. The molecular weight excluding hydrogens is 498 g/mol. The van der Waals surface area contributed by atoms with Gasteiger partial charge in [0.25, 0.3) is 5.91 Å². The van der Waals surface area contributed by atoms with Gasteiger partial charge in [0.1, 0.15) is 30.0 Å². The second-order valence-electron chi connectivity index (χ2n) is 11.4. The molecule has 5 rings (SSSR count). The second-order valence-corrected chi connectivity index (χ2v) is 11.4. The fraction of sp³-hybridized carbons (Fsp3) is 0.467. The van der Waals surface area contributed by atoms with E-state index in [2.05, 4.69) is 10.2 Å². The molecule has 3 aliphatic heterocycles. The standard InChI is InChI=1S/C30H35N3O6/c1-30(2,3)39-29(37)24-7-5-15-32(24)16-19-9-11-20(12-10-19)18-38-25-8-4-6-21-22(25)17-33(28(21)36)23-13-14-26(34)31-27(23)35/h4,6,8-12,23-24H,5,7,13-18H2,1-3H3,(H,31,34,35). The highest BCUT2D eigenvalue weighted by Gasteiger charge is 2.40. The van der Waals surface area contributed by atoms with Crippen molar-refractivity contribution >= 4 is 23.7 Å². The number of esters is 1. The predicted molar refractivity (Wildman–Crippen MR) is 143 cm³/mol. The summed E-state index contributed by atoms with van der Waals surface area (Å²) >= 11 is 0. The van der Waals surface area contributed by atoms with Crippen LogP contribution in [0.3, 0.4) is 0 Å². The van der Waals surface area contributed by atoms with Gasteiger partial charge in [0.05, 0.1) is 6.54 Å². The van der Waals surface area contributed by atoms with Crippen LogP contribution in [0.1, 0.15) is 73.5 Å². The molecule has 9 nitrogen and oxygen atoms in total. The van der Waals surface area contributed by atoms with Gasteiger partial charge in [0.2, 0.25) is 11.8 Å². The molecule has 3 amide bonds. The van der Waals surface area contributed by atoms with Crippen LogP contribution in [-0.4, -0.2) is 57.7 Å². The molecule has 2 saturated heterocycles. The van der Waals surface area contributed by atoms with Crippen LogP contribution in [0.4, 0.5) is 0 Å². The minimum atomic E-state index is -0.659. The Morgan fingerprint density at radius 1 is 1.03 bits per heavy atom. The lowest BCUT2D eigenvalue weighted by molar-refractivity contribution is -0.160. The summed E-state index contributed by atoms with van der Waals surface area (Å²) in [5, 5.41) is 2.33. The SMILES string of the molecule is CC(C)(C)OC(=O)C1CCCN1Cc1ccc(COc2cccc3c2CN(C2CCC(=O)NC2=O)C3=O)cc1. The highest BCUT2D eigenvalue weighted by molar-refractivity contribution is 6.05. The molecule has 2 unspecified atom stereocenters. The zero-order valence-electron chi connectivity index (χ0n) is 22.7. The lowest BCUT2D eigenvalue weighted by atomic mass is 10.0. The minimum Gasteiger partial charge on any atom is -0.489 e. The number of amides is 3. The van der Waals surface area contributed by atoms with Crippen molar-refractivity contribution in [2.24, 2.45) is 0 Å². The minimum absolute atomic E-state index is 0.157. The molecule has 9 heteroatoms. The number of nitrogens with zero attached hydrogens (tertiary/aromatic N) is 2. The zero-order chi connectivity index (χ0) is 27.7. The summed E-state index contributed by atoms with van der Waals surface area (Å²) in [5.41, 5.74) is 2.87. The average molecular weight is 534 g/mol. The van der Waals surface area contributed by atoms with Crippen LogP contribution in [0.2, 0.25) is 0 Å². The van der Waals surface area contributed by atoms with Gasteiger partial charge in [-0.05, 0) is 69.8 Å². The second kappa shape index (κ2) is 10.8. The monoisotopic (exact) mass is 533 g/mol. The van der Waals surface area contributed by atoms with E-state index in [-0.39, 0.29) is 36.8 Å². The van der Waals surface area contributed by atoms with Gasteiger partial charge < -0.3 is 14.4 Å². The first kappa shape index (κ1) is 26.9. The van der Waals surface area contributed by atoms with E-state index < -0.39 is 17.6 Å². The van der Waals surface area contributed by atoms with Crippen LogP contribution < -0.4 is 10.1 Å². The first-order chi connectivity index (χ1) is 18.6.